The number of hydrogen-bond donors (Lipinski definition) is 1. The molecule has 2 aromatic rings. The number of nitrogens with zero attached hydrogens (tertiary/aromatic N) is 1. The van der Waals surface area contributed by atoms with Gasteiger partial charge in [0, 0.05) is 11.1 Å². The molecule has 0 bridgehead atoms. The van der Waals surface area contributed by atoms with Crippen LogP contribution in [-0.2, 0) is 9.59 Å². The van der Waals surface area contributed by atoms with E-state index in [1.165, 1.54) is 24.1 Å². The molecule has 3 rings (SSSR count). The van der Waals surface area contributed by atoms with Gasteiger partial charge in [-0.05, 0) is 42.0 Å². The highest BCUT2D eigenvalue weighted by molar-refractivity contribution is 6.17. The average Bonchev–Trinajstić information content (AvgIpc) is 2.97. The Balaban J connectivity index is 2.09. The van der Waals surface area contributed by atoms with Crippen molar-refractivity contribution in [2.45, 2.75) is 33.2 Å². The van der Waals surface area contributed by atoms with Crippen LogP contribution in [0.15, 0.2) is 59.9 Å². The number of methoxy groups -OCH3 is 1. The normalized spacial score (nSPS) is 17.0. The highest BCUT2D eigenvalue weighted by Crippen LogP contribution is 2.44. The third-order valence-corrected chi connectivity index (χ3v) is 4.91. The van der Waals surface area contributed by atoms with Gasteiger partial charge < -0.3 is 14.6 Å². The van der Waals surface area contributed by atoms with Gasteiger partial charge in [0.15, 0.2) is 11.5 Å². The van der Waals surface area contributed by atoms with E-state index < -0.39 is 41.0 Å². The number of benzene rings is 2. The Hall–Kier alpha value is -3.49. The number of alkyl halides is 3. The third-order valence-electron chi connectivity index (χ3n) is 4.91. The minimum absolute atomic E-state index is 0.0803. The van der Waals surface area contributed by atoms with Gasteiger partial charge in [-0.2, -0.15) is 0 Å². The summed E-state index contributed by atoms with van der Waals surface area (Å²) in [4.78, 5) is 27.3. The van der Waals surface area contributed by atoms with E-state index in [9.17, 15) is 27.9 Å². The molecule has 32 heavy (non-hydrogen) atoms. The number of hydrogen-bond acceptors (Lipinski definition) is 5. The van der Waals surface area contributed by atoms with Crippen LogP contribution in [0.2, 0.25) is 0 Å². The number of rotatable bonds is 5. The summed E-state index contributed by atoms with van der Waals surface area (Å²) in [5.74, 6) is -1.86. The molecule has 0 saturated carbocycles. The summed E-state index contributed by atoms with van der Waals surface area (Å²) in [6.07, 6.45) is -4.86. The Labute approximate surface area is 182 Å². The molecule has 170 valence electrons. The summed E-state index contributed by atoms with van der Waals surface area (Å²) in [7, 11) is 1.49. The van der Waals surface area contributed by atoms with Crippen molar-refractivity contribution in [2.75, 3.05) is 12.0 Å². The zero-order chi connectivity index (χ0) is 23.8. The van der Waals surface area contributed by atoms with Gasteiger partial charge in [0.2, 0.25) is 0 Å². The zero-order valence-electron chi connectivity index (χ0n) is 17.9. The number of ketones is 1. The summed E-state index contributed by atoms with van der Waals surface area (Å²) in [5.41, 5.74) is -0.266. The largest absolute Gasteiger partial charge is 0.573 e. The maximum absolute atomic E-state index is 13.2. The van der Waals surface area contributed by atoms with Gasteiger partial charge in [0.25, 0.3) is 5.91 Å². The fourth-order valence-electron chi connectivity index (χ4n) is 3.42. The predicted molar refractivity (Wildman–Crippen MR) is 110 cm³/mol. The van der Waals surface area contributed by atoms with E-state index >= 15 is 0 Å². The lowest BCUT2D eigenvalue weighted by molar-refractivity contribution is -0.274. The van der Waals surface area contributed by atoms with E-state index in [-0.39, 0.29) is 11.3 Å². The number of amides is 1. The second-order valence-corrected chi connectivity index (χ2v) is 8.23. The van der Waals surface area contributed by atoms with Crippen molar-refractivity contribution in [2.24, 2.45) is 5.41 Å². The molecule has 0 aliphatic carbocycles. The number of Topliss-reactive ketones (excluding diaryl/α,β-unsaturated/α-hetero) is 1. The van der Waals surface area contributed by atoms with Crippen molar-refractivity contribution in [1.82, 2.24) is 0 Å². The molecular weight excluding hydrogens is 427 g/mol. The molecule has 1 aliphatic heterocycles. The minimum atomic E-state index is -4.86. The van der Waals surface area contributed by atoms with Gasteiger partial charge in [0.05, 0.1) is 18.7 Å². The second kappa shape index (κ2) is 8.22. The summed E-state index contributed by atoms with van der Waals surface area (Å²) in [6.45, 7) is 4.99. The smallest absolute Gasteiger partial charge is 0.503 e. The molecule has 1 amide bonds. The van der Waals surface area contributed by atoms with E-state index in [1.807, 2.05) is 0 Å². The van der Waals surface area contributed by atoms with Crippen LogP contribution in [0, 0.1) is 5.41 Å². The number of ether oxygens (including phenoxy) is 2. The standard InChI is InChI=1S/C23H22F3NO5/c1-22(2,3)20(29)17-18(13-5-9-15(31-4)10-6-13)27(21(30)19(17)28)14-7-11-16(12-8-14)32-23(24,25)26/h5-12,18,28H,1-4H3. The first-order chi connectivity index (χ1) is 14.8. The Bertz CT molecular complexity index is 1050. The quantitative estimate of drug-likeness (QED) is 0.687. The van der Waals surface area contributed by atoms with Crippen LogP contribution < -0.4 is 14.4 Å². The van der Waals surface area contributed by atoms with Gasteiger partial charge >= 0.3 is 6.36 Å². The molecule has 1 aliphatic rings. The first-order valence-corrected chi connectivity index (χ1v) is 9.64. The molecule has 2 aromatic carbocycles. The number of aliphatic hydroxyl groups is 1. The van der Waals surface area contributed by atoms with Crippen molar-refractivity contribution in [1.29, 1.82) is 0 Å². The Morgan fingerprint density at radius 1 is 0.969 bits per heavy atom. The number of anilines is 1. The van der Waals surface area contributed by atoms with Crippen molar-refractivity contribution < 1.29 is 37.3 Å². The molecule has 0 aromatic heterocycles. The zero-order valence-corrected chi connectivity index (χ0v) is 17.9. The molecule has 1 atom stereocenters. The second-order valence-electron chi connectivity index (χ2n) is 8.23. The van der Waals surface area contributed by atoms with E-state index in [0.717, 1.165) is 12.1 Å². The van der Waals surface area contributed by atoms with Crippen molar-refractivity contribution in [3.05, 3.63) is 65.4 Å². The highest BCUT2D eigenvalue weighted by atomic mass is 19.4. The molecule has 1 N–H and O–H groups in total. The lowest BCUT2D eigenvalue weighted by atomic mass is 9.82. The molecule has 0 saturated heterocycles. The Morgan fingerprint density at radius 2 is 1.50 bits per heavy atom. The van der Waals surface area contributed by atoms with Gasteiger partial charge in [0.1, 0.15) is 11.5 Å². The third kappa shape index (κ3) is 4.56. The summed E-state index contributed by atoms with van der Waals surface area (Å²) in [5, 5.41) is 10.6. The SMILES string of the molecule is COc1ccc(C2C(C(=O)C(C)(C)C)=C(O)C(=O)N2c2ccc(OC(F)(F)F)cc2)cc1. The van der Waals surface area contributed by atoms with E-state index in [2.05, 4.69) is 4.74 Å². The number of carbonyl (C=O) groups is 2. The van der Waals surface area contributed by atoms with Gasteiger partial charge in [-0.3, -0.25) is 14.5 Å². The van der Waals surface area contributed by atoms with Crippen molar-refractivity contribution >= 4 is 17.4 Å². The van der Waals surface area contributed by atoms with Crippen molar-refractivity contribution in [3.8, 4) is 11.5 Å². The van der Waals surface area contributed by atoms with E-state index in [1.54, 1.807) is 45.0 Å². The molecule has 1 heterocycles. The van der Waals surface area contributed by atoms with Crippen LogP contribution in [-0.4, -0.2) is 30.3 Å². The lowest BCUT2D eigenvalue weighted by Crippen LogP contribution is -2.32. The Morgan fingerprint density at radius 3 is 1.97 bits per heavy atom. The van der Waals surface area contributed by atoms with Crippen molar-refractivity contribution in [3.63, 3.8) is 0 Å². The first kappa shape index (κ1) is 23.2. The topological polar surface area (TPSA) is 76.1 Å². The maximum Gasteiger partial charge on any atom is 0.573 e. The van der Waals surface area contributed by atoms with Gasteiger partial charge in [-0.15, -0.1) is 13.2 Å². The molecular formula is C23H22F3NO5. The molecule has 9 heteroatoms. The summed E-state index contributed by atoms with van der Waals surface area (Å²) in [6, 6.07) is 10.2. The van der Waals surface area contributed by atoms with E-state index in [4.69, 9.17) is 4.74 Å². The fraction of sp³-hybridized carbons (Fsp3) is 0.304. The fourth-order valence-corrected chi connectivity index (χ4v) is 3.42. The first-order valence-electron chi connectivity index (χ1n) is 9.64. The molecule has 0 spiro atoms. The molecule has 1 unspecified atom stereocenters. The van der Waals surface area contributed by atoms with Crippen LogP contribution in [0.1, 0.15) is 32.4 Å². The van der Waals surface area contributed by atoms with Gasteiger partial charge in [-0.25, -0.2) is 0 Å². The van der Waals surface area contributed by atoms with Crippen LogP contribution in [0.5, 0.6) is 11.5 Å². The summed E-state index contributed by atoms with van der Waals surface area (Å²) < 4.78 is 46.5. The maximum atomic E-state index is 13.2. The molecule has 0 fully saturated rings. The van der Waals surface area contributed by atoms with Gasteiger partial charge in [-0.1, -0.05) is 32.9 Å². The number of aliphatic hydroxyl groups excluding tert-OH is 1. The Kier molecular flexibility index (Phi) is 5.95. The van der Waals surface area contributed by atoms with Crippen LogP contribution >= 0.6 is 0 Å². The van der Waals surface area contributed by atoms with Crippen LogP contribution in [0.4, 0.5) is 18.9 Å². The average molecular weight is 449 g/mol. The molecule has 6 nitrogen and oxygen atoms in total. The minimum Gasteiger partial charge on any atom is -0.503 e. The van der Waals surface area contributed by atoms with E-state index in [0.29, 0.717) is 11.3 Å². The number of halogens is 3. The highest BCUT2D eigenvalue weighted by Gasteiger charge is 2.46. The molecule has 0 radical (unpaired) electrons. The number of carbonyl (C=O) groups excluding carboxylic acids is 2. The summed E-state index contributed by atoms with van der Waals surface area (Å²) >= 11 is 0. The van der Waals surface area contributed by atoms with Crippen LogP contribution in [0.25, 0.3) is 0 Å². The monoisotopic (exact) mass is 449 g/mol. The van der Waals surface area contributed by atoms with Crippen LogP contribution in [0.3, 0.4) is 0 Å². The lowest BCUT2D eigenvalue weighted by Gasteiger charge is -2.29. The predicted octanol–water partition coefficient (Wildman–Crippen LogP) is 5.11.